The molecule has 0 bridgehead atoms. The zero-order chi connectivity index (χ0) is 25.1. The molecule has 0 saturated carbocycles. The molecule has 0 radical (unpaired) electrons. The van der Waals surface area contributed by atoms with E-state index in [0.29, 0.717) is 18.0 Å². The predicted octanol–water partition coefficient (Wildman–Crippen LogP) is 5.14. The molecule has 0 saturated heterocycles. The van der Waals surface area contributed by atoms with Gasteiger partial charge in [-0.15, -0.1) is 0 Å². The van der Waals surface area contributed by atoms with E-state index in [2.05, 4.69) is 10.3 Å². The van der Waals surface area contributed by atoms with Crippen LogP contribution in [-0.2, 0) is 17.8 Å². The fourth-order valence-electron chi connectivity index (χ4n) is 4.37. The van der Waals surface area contributed by atoms with Crippen molar-refractivity contribution < 1.29 is 23.1 Å². The number of rotatable bonds is 6. The number of fused-ring (bicyclic) bond motifs is 1. The summed E-state index contributed by atoms with van der Waals surface area (Å²) >= 11 is 0. The minimum Gasteiger partial charge on any atom is -0.484 e. The highest BCUT2D eigenvalue weighted by atomic mass is 19.1. The van der Waals surface area contributed by atoms with Crippen molar-refractivity contribution in [1.29, 1.82) is 0 Å². The molecule has 36 heavy (non-hydrogen) atoms. The van der Waals surface area contributed by atoms with Crippen molar-refractivity contribution >= 4 is 17.5 Å². The Hall–Kier alpha value is -4.46. The van der Waals surface area contributed by atoms with Crippen LogP contribution in [0.15, 0.2) is 83.5 Å². The fourth-order valence-corrected chi connectivity index (χ4v) is 4.37. The first-order valence-corrected chi connectivity index (χ1v) is 11.6. The van der Waals surface area contributed by atoms with Gasteiger partial charge in [-0.05, 0) is 59.5 Å². The zero-order valence-corrected chi connectivity index (χ0v) is 19.6. The van der Waals surface area contributed by atoms with Gasteiger partial charge in [-0.1, -0.05) is 36.4 Å². The second-order valence-corrected chi connectivity index (χ2v) is 8.51. The highest BCUT2D eigenvalue weighted by Crippen LogP contribution is 2.37. The number of aromatic nitrogens is 1. The van der Waals surface area contributed by atoms with E-state index in [1.807, 2.05) is 53.4 Å². The molecule has 5 rings (SSSR count). The third-order valence-electron chi connectivity index (χ3n) is 6.11. The number of ether oxygens (including phenoxy) is 1. The molecule has 1 aromatic heterocycles. The Balaban J connectivity index is 1.30. The normalized spacial score (nSPS) is 14.7. The minimum absolute atomic E-state index is 0.0204. The van der Waals surface area contributed by atoms with Crippen LogP contribution in [0.2, 0.25) is 0 Å². The van der Waals surface area contributed by atoms with Crippen LogP contribution < -0.4 is 10.1 Å². The van der Waals surface area contributed by atoms with Gasteiger partial charge in [0.15, 0.2) is 12.3 Å². The van der Waals surface area contributed by atoms with Crippen molar-refractivity contribution in [3.8, 4) is 5.75 Å². The summed E-state index contributed by atoms with van der Waals surface area (Å²) in [7, 11) is 0. The maximum absolute atomic E-state index is 13.1. The number of hydrogen-bond acceptors (Lipinski definition) is 5. The minimum atomic E-state index is -0.472. The number of anilines is 1. The quantitative estimate of drug-likeness (QED) is 0.409. The molecule has 2 amide bonds. The van der Waals surface area contributed by atoms with Crippen LogP contribution in [0, 0.1) is 5.82 Å². The molecule has 1 unspecified atom stereocenters. The number of oxazole rings is 1. The van der Waals surface area contributed by atoms with Crippen LogP contribution in [0.5, 0.6) is 5.75 Å². The van der Waals surface area contributed by atoms with Crippen LogP contribution in [0.3, 0.4) is 0 Å². The molecule has 0 aliphatic carbocycles. The van der Waals surface area contributed by atoms with E-state index < -0.39 is 5.91 Å². The highest BCUT2D eigenvalue weighted by molar-refractivity contribution is 6.02. The maximum Gasteiger partial charge on any atom is 0.277 e. The Morgan fingerprint density at radius 2 is 1.89 bits per heavy atom. The van der Waals surface area contributed by atoms with Crippen molar-refractivity contribution in [2.75, 3.05) is 11.9 Å². The van der Waals surface area contributed by atoms with Gasteiger partial charge in [-0.25, -0.2) is 9.37 Å². The van der Waals surface area contributed by atoms with E-state index >= 15 is 0 Å². The van der Waals surface area contributed by atoms with Gasteiger partial charge >= 0.3 is 0 Å². The lowest BCUT2D eigenvalue weighted by atomic mass is 9.88. The predicted molar refractivity (Wildman–Crippen MR) is 131 cm³/mol. The lowest BCUT2D eigenvalue weighted by molar-refractivity contribution is -0.130. The van der Waals surface area contributed by atoms with Crippen molar-refractivity contribution in [1.82, 2.24) is 9.88 Å². The van der Waals surface area contributed by atoms with Gasteiger partial charge in [0.1, 0.15) is 17.8 Å². The Morgan fingerprint density at radius 1 is 1.11 bits per heavy atom. The van der Waals surface area contributed by atoms with Crippen LogP contribution in [0.4, 0.5) is 10.1 Å². The molecule has 0 spiro atoms. The molecule has 8 heteroatoms. The highest BCUT2D eigenvalue weighted by Gasteiger charge is 2.30. The Kier molecular flexibility index (Phi) is 6.49. The lowest BCUT2D eigenvalue weighted by Crippen LogP contribution is -2.39. The fraction of sp³-hybridized carbons (Fsp3) is 0.179. The first-order chi connectivity index (χ1) is 17.5. The van der Waals surface area contributed by atoms with Crippen LogP contribution >= 0.6 is 0 Å². The third-order valence-corrected chi connectivity index (χ3v) is 6.11. The second-order valence-electron chi connectivity index (χ2n) is 8.51. The first-order valence-electron chi connectivity index (χ1n) is 11.6. The van der Waals surface area contributed by atoms with E-state index in [-0.39, 0.29) is 36.0 Å². The molecule has 1 N–H and O–H groups in total. The Labute approximate surface area is 207 Å². The number of halogens is 1. The molecule has 1 atom stereocenters. The van der Waals surface area contributed by atoms with E-state index in [1.165, 1.54) is 36.1 Å². The van der Waals surface area contributed by atoms with Crippen LogP contribution in [0.1, 0.15) is 46.0 Å². The molecule has 4 aromatic rings. The van der Waals surface area contributed by atoms with Gasteiger partial charge in [-0.2, -0.15) is 0 Å². The molecular weight excluding hydrogens is 461 g/mol. The maximum atomic E-state index is 13.1. The second kappa shape index (κ2) is 10.0. The summed E-state index contributed by atoms with van der Waals surface area (Å²) < 4.78 is 24.4. The van der Waals surface area contributed by atoms with E-state index in [0.717, 1.165) is 17.5 Å². The topological polar surface area (TPSA) is 84.7 Å². The lowest BCUT2D eigenvalue weighted by Gasteiger charge is -2.37. The number of nitrogens with one attached hydrogen (secondary N) is 1. The molecule has 182 valence electrons. The molecule has 2 heterocycles. The Morgan fingerprint density at radius 3 is 2.64 bits per heavy atom. The standard InChI is InChI=1S/C28H24FN3O4/c1-18(33)32-14-13-19-7-12-23(15-24(19)27(32)20-5-3-2-4-6-20)35-17-26-31-25(16-36-26)28(34)30-22-10-8-21(29)9-11-22/h2-12,15-16,27H,13-14,17H2,1H3,(H,30,34). The summed E-state index contributed by atoms with van der Waals surface area (Å²) in [5, 5.41) is 2.64. The molecule has 1 aliphatic rings. The number of carbonyl (C=O) groups is 2. The molecule has 1 aliphatic heterocycles. The van der Waals surface area contributed by atoms with Gasteiger partial charge in [0, 0.05) is 19.2 Å². The van der Waals surface area contributed by atoms with Crippen molar-refractivity contribution in [2.24, 2.45) is 0 Å². The van der Waals surface area contributed by atoms with E-state index in [1.54, 1.807) is 6.92 Å². The summed E-state index contributed by atoms with van der Waals surface area (Å²) in [5.41, 5.74) is 3.76. The SMILES string of the molecule is CC(=O)N1CCc2ccc(OCc3nc(C(=O)Nc4ccc(F)cc4)co3)cc2C1c1ccccc1. The average molecular weight is 486 g/mol. The van der Waals surface area contributed by atoms with Gasteiger partial charge in [0.05, 0.1) is 6.04 Å². The smallest absolute Gasteiger partial charge is 0.277 e. The van der Waals surface area contributed by atoms with Crippen LogP contribution in [0.25, 0.3) is 0 Å². The van der Waals surface area contributed by atoms with Crippen LogP contribution in [-0.4, -0.2) is 28.2 Å². The number of hydrogen-bond donors (Lipinski definition) is 1. The van der Waals surface area contributed by atoms with E-state index in [4.69, 9.17) is 9.15 Å². The monoisotopic (exact) mass is 485 g/mol. The average Bonchev–Trinajstić information content (AvgIpc) is 3.38. The summed E-state index contributed by atoms with van der Waals surface area (Å²) in [6.07, 6.45) is 2.02. The van der Waals surface area contributed by atoms with Crippen molar-refractivity contribution in [2.45, 2.75) is 26.0 Å². The molecule has 7 nitrogen and oxygen atoms in total. The molecule has 0 fully saturated rings. The number of amides is 2. The van der Waals surface area contributed by atoms with E-state index in [9.17, 15) is 14.0 Å². The van der Waals surface area contributed by atoms with Crippen molar-refractivity contribution in [3.63, 3.8) is 0 Å². The van der Waals surface area contributed by atoms with Gasteiger partial charge < -0.3 is 19.4 Å². The first kappa shape index (κ1) is 23.3. The number of nitrogens with zero attached hydrogens (tertiary/aromatic N) is 2. The third kappa shape index (κ3) is 4.98. The number of carbonyl (C=O) groups excluding carboxylic acids is 2. The summed E-state index contributed by atoms with van der Waals surface area (Å²) in [4.78, 5) is 30.9. The Bertz CT molecular complexity index is 1390. The molecule has 3 aromatic carbocycles. The van der Waals surface area contributed by atoms with Crippen molar-refractivity contribution in [3.05, 3.63) is 113 Å². The van der Waals surface area contributed by atoms with Gasteiger partial charge in [-0.3, -0.25) is 9.59 Å². The largest absolute Gasteiger partial charge is 0.484 e. The van der Waals surface area contributed by atoms with Gasteiger partial charge in [0.25, 0.3) is 5.91 Å². The zero-order valence-electron chi connectivity index (χ0n) is 19.6. The summed E-state index contributed by atoms with van der Waals surface area (Å²) in [6.45, 7) is 2.27. The number of benzene rings is 3. The summed E-state index contributed by atoms with van der Waals surface area (Å²) in [5.74, 6) is 0.00477. The molecular formula is C28H24FN3O4. The van der Waals surface area contributed by atoms with Gasteiger partial charge in [0.2, 0.25) is 11.8 Å². The summed E-state index contributed by atoms with van der Waals surface area (Å²) in [6, 6.07) is 21.0.